The lowest BCUT2D eigenvalue weighted by Gasteiger charge is -2.35. The topological polar surface area (TPSA) is 161 Å². The van der Waals surface area contributed by atoms with Gasteiger partial charge in [0.25, 0.3) is 0 Å². The van der Waals surface area contributed by atoms with Crippen LogP contribution in [0.15, 0.2) is 48.6 Å². The number of rotatable bonds is 18. The fourth-order valence-electron chi connectivity index (χ4n) is 7.13. The smallest absolute Gasteiger partial charge is 0.422 e. The standard InChI is InChI=1S/C42H50F12N6O10/c1-3-57-17-7-5-9-27(57)21-55-37(63)59(31-19-29(65-23-39(43,44)45)11-13-33(31)67-25-41(49,50)51)69-35(61)15-16-36(62)70-60(38(64)56-22-28-10-6-8-18-58(28)4-2)32-20-30(66-24-40(46,47)48)12-14-34(32)68-26-42(52,53)54/h11-16,19-20,27-28H,3-10,17-18,21-26H2,1-2H3,(H,55,63)(H,56,64)/b16-15+. The van der Waals surface area contributed by atoms with Crippen LogP contribution in [0.1, 0.15) is 52.4 Å². The van der Waals surface area contributed by atoms with Crippen molar-refractivity contribution in [3.05, 3.63) is 48.6 Å². The Labute approximate surface area is 392 Å². The molecule has 28 heteroatoms. The second-order valence-electron chi connectivity index (χ2n) is 15.5. The normalized spacial score (nSPS) is 17.3. The minimum absolute atomic E-state index is 0.0184. The number of nitrogens with one attached hydrogen (secondary N) is 2. The van der Waals surface area contributed by atoms with Crippen LogP contribution < -0.4 is 39.7 Å². The number of amides is 4. The predicted molar refractivity (Wildman–Crippen MR) is 222 cm³/mol. The summed E-state index contributed by atoms with van der Waals surface area (Å²) in [5.41, 5.74) is -1.80. The first kappa shape index (κ1) is 56.5. The summed E-state index contributed by atoms with van der Waals surface area (Å²) in [5.74, 6) is -6.55. The van der Waals surface area contributed by atoms with Gasteiger partial charge in [0.2, 0.25) is 0 Å². The summed E-state index contributed by atoms with van der Waals surface area (Å²) < 4.78 is 177. The maximum absolute atomic E-state index is 13.8. The van der Waals surface area contributed by atoms with E-state index in [0.717, 1.165) is 37.8 Å². The number of anilines is 2. The van der Waals surface area contributed by atoms with Gasteiger partial charge in [0.05, 0.1) is 0 Å². The van der Waals surface area contributed by atoms with E-state index in [4.69, 9.17) is 28.6 Å². The molecule has 0 spiro atoms. The first-order valence-corrected chi connectivity index (χ1v) is 21.6. The minimum atomic E-state index is -5.00. The average molecular weight is 1030 g/mol. The third kappa shape index (κ3) is 19.4. The van der Waals surface area contributed by atoms with Gasteiger partial charge in [-0.05, 0) is 76.1 Å². The highest BCUT2D eigenvalue weighted by Crippen LogP contribution is 2.37. The van der Waals surface area contributed by atoms with Crippen molar-refractivity contribution in [3.8, 4) is 23.0 Å². The average Bonchev–Trinajstić information content (AvgIpc) is 3.29. The highest BCUT2D eigenvalue weighted by molar-refractivity contribution is 5.99. The summed E-state index contributed by atoms with van der Waals surface area (Å²) in [6, 6.07) is 0.772. The molecule has 2 heterocycles. The van der Waals surface area contributed by atoms with Gasteiger partial charge in [0.15, 0.2) is 26.4 Å². The number of hydroxylamine groups is 2. The summed E-state index contributed by atoms with van der Waals surface area (Å²) in [5, 5.41) is 4.94. The first-order chi connectivity index (χ1) is 32.7. The molecule has 2 N–H and O–H groups in total. The Kier molecular flexibility index (Phi) is 20.3. The van der Waals surface area contributed by atoms with Gasteiger partial charge in [-0.1, -0.05) is 26.7 Å². The second kappa shape index (κ2) is 25.2. The lowest BCUT2D eigenvalue weighted by atomic mass is 10.0. The van der Waals surface area contributed by atoms with Gasteiger partial charge in [-0.25, -0.2) is 19.2 Å². The number of hydrogen-bond donors (Lipinski definition) is 2. The van der Waals surface area contributed by atoms with E-state index in [9.17, 15) is 71.9 Å². The zero-order valence-corrected chi connectivity index (χ0v) is 37.5. The maximum Gasteiger partial charge on any atom is 0.422 e. The van der Waals surface area contributed by atoms with Crippen LogP contribution in [-0.4, -0.2) is 136 Å². The van der Waals surface area contributed by atoms with E-state index in [1.54, 1.807) is 0 Å². The van der Waals surface area contributed by atoms with Crippen LogP contribution >= 0.6 is 0 Å². The molecule has 0 aromatic heterocycles. The highest BCUT2D eigenvalue weighted by Gasteiger charge is 2.35. The molecule has 2 aliphatic heterocycles. The zero-order chi connectivity index (χ0) is 51.9. The molecule has 2 saturated heterocycles. The van der Waals surface area contributed by atoms with Gasteiger partial charge in [-0.3, -0.25) is 9.80 Å². The Morgan fingerprint density at radius 2 is 0.900 bits per heavy atom. The Bertz CT molecular complexity index is 1950. The predicted octanol–water partition coefficient (Wildman–Crippen LogP) is 8.40. The summed E-state index contributed by atoms with van der Waals surface area (Å²) >= 11 is 0. The molecule has 2 aromatic carbocycles. The van der Waals surface area contributed by atoms with Gasteiger partial charge >= 0.3 is 48.7 Å². The van der Waals surface area contributed by atoms with Crippen molar-refractivity contribution in [2.45, 2.75) is 89.2 Å². The van der Waals surface area contributed by atoms with Gasteiger partial charge < -0.3 is 39.3 Å². The van der Waals surface area contributed by atoms with Crippen LogP contribution in [0.25, 0.3) is 0 Å². The van der Waals surface area contributed by atoms with Crippen LogP contribution in [0.5, 0.6) is 23.0 Å². The largest absolute Gasteiger partial charge is 0.484 e. The molecule has 2 atom stereocenters. The number of carbonyl (C=O) groups is 4. The quantitative estimate of drug-likeness (QED) is 0.0835. The fraction of sp³-hybridized carbons (Fsp3) is 0.571. The number of piperidine rings is 2. The Balaban J connectivity index is 1.70. The van der Waals surface area contributed by atoms with Crippen molar-refractivity contribution in [3.63, 3.8) is 0 Å². The molecule has 4 rings (SSSR count). The molecule has 392 valence electrons. The van der Waals surface area contributed by atoms with E-state index in [0.29, 0.717) is 63.3 Å². The number of urea groups is 2. The van der Waals surface area contributed by atoms with E-state index in [1.165, 1.54) is 0 Å². The molecule has 0 saturated carbocycles. The van der Waals surface area contributed by atoms with E-state index in [1.807, 2.05) is 23.6 Å². The zero-order valence-electron chi connectivity index (χ0n) is 37.5. The molecule has 2 fully saturated rings. The summed E-state index contributed by atoms with van der Waals surface area (Å²) in [7, 11) is 0. The van der Waals surface area contributed by atoms with Crippen molar-refractivity contribution in [2.75, 3.05) is 75.8 Å². The number of alkyl halides is 12. The van der Waals surface area contributed by atoms with Gasteiger partial charge in [0.1, 0.15) is 34.4 Å². The van der Waals surface area contributed by atoms with Gasteiger partial charge in [-0.2, -0.15) is 52.7 Å². The molecule has 2 aliphatic rings. The van der Waals surface area contributed by atoms with Crippen LogP contribution in [-0.2, 0) is 19.3 Å². The molecule has 0 bridgehead atoms. The Morgan fingerprint density at radius 1 is 0.557 bits per heavy atom. The second-order valence-corrected chi connectivity index (χ2v) is 15.5. The monoisotopic (exact) mass is 1030 g/mol. The number of hydrogen-bond acceptors (Lipinski definition) is 12. The van der Waals surface area contributed by atoms with E-state index >= 15 is 0 Å². The molecule has 2 aromatic rings. The lowest BCUT2D eigenvalue weighted by Crippen LogP contribution is -2.50. The molecule has 70 heavy (non-hydrogen) atoms. The third-order valence-corrected chi connectivity index (χ3v) is 10.3. The summed E-state index contributed by atoms with van der Waals surface area (Å²) in [4.78, 5) is 68.6. The summed E-state index contributed by atoms with van der Waals surface area (Å²) in [6.45, 7) is -2.05. The van der Waals surface area contributed by atoms with E-state index < -0.39 is 110 Å². The SMILES string of the molecule is CCN1CCCCC1CNC(=O)N(OC(=O)/C=C/C(=O)ON(C(=O)NCC1CCCCN1CC)c1cc(OCC(F)(F)F)ccc1OCC(F)(F)F)c1cc(OCC(F)(F)F)ccc1OCC(F)(F)F. The van der Waals surface area contributed by atoms with Crippen LogP contribution in [0.2, 0.25) is 0 Å². The highest BCUT2D eigenvalue weighted by atomic mass is 19.4. The molecule has 0 radical (unpaired) electrons. The van der Waals surface area contributed by atoms with Crippen molar-refractivity contribution in [2.24, 2.45) is 0 Å². The maximum atomic E-state index is 13.8. The number of ether oxygens (including phenoxy) is 4. The van der Waals surface area contributed by atoms with E-state index in [-0.39, 0.29) is 47.5 Å². The lowest BCUT2D eigenvalue weighted by molar-refractivity contribution is -0.154. The number of carbonyl (C=O) groups excluding carboxylic acids is 4. The molecule has 16 nitrogen and oxygen atoms in total. The van der Waals surface area contributed by atoms with Crippen molar-refractivity contribution >= 4 is 35.4 Å². The number of likely N-dealkylation sites (tertiary alicyclic amines) is 2. The number of likely N-dealkylation sites (N-methyl/N-ethyl adjacent to an activating group) is 2. The molecular weight excluding hydrogens is 976 g/mol. The minimum Gasteiger partial charge on any atom is -0.484 e. The molecular formula is C42H50F12N6O10. The molecule has 2 unspecified atom stereocenters. The Morgan fingerprint density at radius 3 is 1.23 bits per heavy atom. The number of nitrogens with zero attached hydrogens (tertiary/aromatic N) is 4. The summed E-state index contributed by atoms with van der Waals surface area (Å²) in [6.07, 6.45) is -15.0. The number of halogens is 12. The molecule has 4 amide bonds. The van der Waals surface area contributed by atoms with Crippen molar-refractivity contribution in [1.29, 1.82) is 0 Å². The van der Waals surface area contributed by atoms with Crippen LogP contribution in [0.3, 0.4) is 0 Å². The van der Waals surface area contributed by atoms with Crippen LogP contribution in [0, 0.1) is 0 Å². The van der Waals surface area contributed by atoms with Gasteiger partial charge in [0, 0.05) is 49.5 Å². The van der Waals surface area contributed by atoms with Crippen LogP contribution in [0.4, 0.5) is 73.6 Å². The van der Waals surface area contributed by atoms with Crippen molar-refractivity contribution in [1.82, 2.24) is 20.4 Å². The fourth-order valence-corrected chi connectivity index (χ4v) is 7.13. The Hall–Kier alpha value is -6.06. The van der Waals surface area contributed by atoms with Crippen molar-refractivity contribution < 1.29 is 100 Å². The first-order valence-electron chi connectivity index (χ1n) is 21.6. The number of benzene rings is 2. The third-order valence-electron chi connectivity index (χ3n) is 10.3. The van der Waals surface area contributed by atoms with Gasteiger partial charge in [-0.15, -0.1) is 10.1 Å². The molecule has 0 aliphatic carbocycles. The van der Waals surface area contributed by atoms with E-state index in [2.05, 4.69) is 10.6 Å².